The first kappa shape index (κ1) is 16.1. The number of para-hydroxylation sites is 1. The summed E-state index contributed by atoms with van der Waals surface area (Å²) in [7, 11) is 0. The quantitative estimate of drug-likeness (QED) is 0.776. The van der Waals surface area contributed by atoms with E-state index in [2.05, 4.69) is 14.6 Å². The lowest BCUT2D eigenvalue weighted by molar-refractivity contribution is -0.0250. The zero-order valence-electron chi connectivity index (χ0n) is 14.1. The lowest BCUT2D eigenvalue weighted by Crippen LogP contribution is -2.37. The Kier molecular flexibility index (Phi) is 4.38. The molecule has 0 amide bonds. The molecule has 1 fully saturated rings. The Balaban J connectivity index is 1.68. The minimum atomic E-state index is -0.148. The third kappa shape index (κ3) is 3.10. The van der Waals surface area contributed by atoms with Crippen LogP contribution in [0, 0.1) is 5.41 Å². The molecule has 6 heteroatoms. The maximum atomic E-state index is 9.99. The van der Waals surface area contributed by atoms with Crippen molar-refractivity contribution >= 4 is 0 Å². The molecular formula is C19H22N4O2. The van der Waals surface area contributed by atoms with Crippen molar-refractivity contribution in [2.45, 2.75) is 19.4 Å². The zero-order chi connectivity index (χ0) is 17.1. The van der Waals surface area contributed by atoms with E-state index in [-0.39, 0.29) is 12.0 Å². The predicted molar refractivity (Wildman–Crippen MR) is 94.4 cm³/mol. The number of nitrogens with zero attached hydrogens (tertiary/aromatic N) is 4. The van der Waals surface area contributed by atoms with Gasteiger partial charge in [0, 0.05) is 37.6 Å². The van der Waals surface area contributed by atoms with Crippen LogP contribution in [0.4, 0.5) is 0 Å². The topological polar surface area (TPSA) is 65.1 Å². The number of ether oxygens (including phenoxy) is 1. The van der Waals surface area contributed by atoms with Crippen molar-refractivity contribution in [3.63, 3.8) is 0 Å². The lowest BCUT2D eigenvalue weighted by Gasteiger charge is -2.36. The summed E-state index contributed by atoms with van der Waals surface area (Å²) in [5.74, 6) is 0.862. The van der Waals surface area contributed by atoms with Gasteiger partial charge in [0.15, 0.2) is 5.82 Å². The first-order chi connectivity index (χ1) is 12.3. The predicted octanol–water partition coefficient (Wildman–Crippen LogP) is 2.52. The lowest BCUT2D eigenvalue weighted by atomic mass is 9.81. The monoisotopic (exact) mass is 338 g/mol. The number of imidazole rings is 1. The van der Waals surface area contributed by atoms with Gasteiger partial charge >= 0.3 is 0 Å². The fourth-order valence-corrected chi connectivity index (χ4v) is 3.45. The van der Waals surface area contributed by atoms with Gasteiger partial charge in [0.2, 0.25) is 0 Å². The maximum absolute atomic E-state index is 9.99. The highest BCUT2D eigenvalue weighted by Crippen LogP contribution is 2.33. The molecule has 1 saturated heterocycles. The Morgan fingerprint density at radius 1 is 1.08 bits per heavy atom. The molecule has 3 heterocycles. The normalized spacial score (nSPS) is 16.8. The van der Waals surface area contributed by atoms with Crippen LogP contribution in [-0.4, -0.2) is 44.3 Å². The number of hydrogen-bond donors (Lipinski definition) is 1. The first-order valence-corrected chi connectivity index (χ1v) is 8.61. The second-order valence-electron chi connectivity index (χ2n) is 6.61. The molecule has 6 nitrogen and oxygen atoms in total. The Bertz CT molecular complexity index is 819. The molecule has 2 aromatic heterocycles. The second kappa shape index (κ2) is 6.82. The molecule has 3 aromatic rings. The zero-order valence-corrected chi connectivity index (χ0v) is 14.1. The molecule has 1 aromatic carbocycles. The van der Waals surface area contributed by atoms with Crippen LogP contribution in [-0.2, 0) is 11.3 Å². The van der Waals surface area contributed by atoms with Gasteiger partial charge in [0.1, 0.15) is 5.69 Å². The van der Waals surface area contributed by atoms with Crippen molar-refractivity contribution < 1.29 is 9.84 Å². The van der Waals surface area contributed by atoms with Gasteiger partial charge < -0.3 is 14.4 Å². The van der Waals surface area contributed by atoms with E-state index in [1.807, 2.05) is 53.5 Å². The second-order valence-corrected chi connectivity index (χ2v) is 6.61. The van der Waals surface area contributed by atoms with Gasteiger partial charge in [-0.2, -0.15) is 5.10 Å². The summed E-state index contributed by atoms with van der Waals surface area (Å²) in [6.45, 7) is 2.28. The molecule has 1 N–H and O–H groups in total. The van der Waals surface area contributed by atoms with E-state index in [0.717, 1.165) is 36.6 Å². The average molecular weight is 338 g/mol. The summed E-state index contributed by atoms with van der Waals surface area (Å²) in [5, 5.41) is 14.4. The number of aliphatic hydroxyl groups excluding tert-OH is 1. The number of rotatable bonds is 5. The summed E-state index contributed by atoms with van der Waals surface area (Å²) in [6.07, 6.45) is 7.29. The van der Waals surface area contributed by atoms with Crippen LogP contribution in [0.1, 0.15) is 12.8 Å². The summed E-state index contributed by atoms with van der Waals surface area (Å²) in [4.78, 5) is 4.56. The Hall–Kier alpha value is -2.44. The van der Waals surface area contributed by atoms with E-state index in [1.54, 1.807) is 6.20 Å². The molecule has 0 saturated carbocycles. The van der Waals surface area contributed by atoms with Gasteiger partial charge in [-0.1, -0.05) is 18.2 Å². The van der Waals surface area contributed by atoms with Crippen molar-refractivity contribution in [1.82, 2.24) is 19.3 Å². The van der Waals surface area contributed by atoms with Crippen molar-refractivity contribution in [2.75, 3.05) is 19.8 Å². The molecule has 0 spiro atoms. The largest absolute Gasteiger partial charge is 0.396 e. The molecule has 1 aliphatic heterocycles. The van der Waals surface area contributed by atoms with Gasteiger partial charge in [-0.3, -0.25) is 0 Å². The van der Waals surface area contributed by atoms with E-state index in [1.165, 1.54) is 0 Å². The summed E-state index contributed by atoms with van der Waals surface area (Å²) >= 11 is 0. The Morgan fingerprint density at radius 3 is 2.64 bits per heavy atom. The van der Waals surface area contributed by atoms with Gasteiger partial charge in [-0.15, -0.1) is 0 Å². The van der Waals surface area contributed by atoms with E-state index >= 15 is 0 Å². The van der Waals surface area contributed by atoms with Crippen molar-refractivity contribution in [2.24, 2.45) is 5.41 Å². The molecule has 1 aliphatic rings. The van der Waals surface area contributed by atoms with Gasteiger partial charge in [-0.05, 0) is 31.0 Å². The molecule has 0 aliphatic carbocycles. The van der Waals surface area contributed by atoms with E-state index < -0.39 is 0 Å². The number of aromatic nitrogens is 4. The van der Waals surface area contributed by atoms with Crippen LogP contribution >= 0.6 is 0 Å². The van der Waals surface area contributed by atoms with Crippen LogP contribution < -0.4 is 0 Å². The molecule has 4 rings (SSSR count). The fourth-order valence-electron chi connectivity index (χ4n) is 3.45. The highest BCUT2D eigenvalue weighted by molar-refractivity contribution is 5.54. The average Bonchev–Trinajstić information content (AvgIpc) is 3.32. The fraction of sp³-hybridized carbons (Fsp3) is 0.368. The molecule has 0 atom stereocenters. The molecule has 0 bridgehead atoms. The van der Waals surface area contributed by atoms with E-state index in [4.69, 9.17) is 4.74 Å². The van der Waals surface area contributed by atoms with Gasteiger partial charge in [0.25, 0.3) is 0 Å². The molecular weight excluding hydrogens is 316 g/mol. The molecule has 0 unspecified atom stereocenters. The third-order valence-corrected chi connectivity index (χ3v) is 4.98. The SMILES string of the molecule is OCC1(Cn2ccnc2-c2ccnn2-c2ccccc2)CCOCC1. The van der Waals surface area contributed by atoms with Gasteiger partial charge in [-0.25, -0.2) is 9.67 Å². The highest BCUT2D eigenvalue weighted by atomic mass is 16.5. The van der Waals surface area contributed by atoms with Crippen LogP contribution in [0.25, 0.3) is 17.2 Å². The molecule has 130 valence electrons. The summed E-state index contributed by atoms with van der Waals surface area (Å²) < 4.78 is 9.50. The van der Waals surface area contributed by atoms with Crippen LogP contribution in [0.15, 0.2) is 55.0 Å². The number of benzene rings is 1. The summed E-state index contributed by atoms with van der Waals surface area (Å²) in [5.41, 5.74) is 1.79. The minimum Gasteiger partial charge on any atom is -0.396 e. The first-order valence-electron chi connectivity index (χ1n) is 8.61. The van der Waals surface area contributed by atoms with Crippen molar-refractivity contribution in [3.05, 3.63) is 55.0 Å². The number of hydrogen-bond acceptors (Lipinski definition) is 4. The smallest absolute Gasteiger partial charge is 0.158 e. The van der Waals surface area contributed by atoms with Crippen LogP contribution in [0.3, 0.4) is 0 Å². The van der Waals surface area contributed by atoms with E-state index in [0.29, 0.717) is 13.2 Å². The Morgan fingerprint density at radius 2 is 1.88 bits per heavy atom. The number of aliphatic hydroxyl groups is 1. The maximum Gasteiger partial charge on any atom is 0.158 e. The Labute approximate surface area is 146 Å². The minimum absolute atomic E-state index is 0.148. The molecule has 0 radical (unpaired) electrons. The van der Waals surface area contributed by atoms with Crippen LogP contribution in [0.2, 0.25) is 0 Å². The highest BCUT2D eigenvalue weighted by Gasteiger charge is 2.33. The van der Waals surface area contributed by atoms with Crippen molar-refractivity contribution in [1.29, 1.82) is 0 Å². The van der Waals surface area contributed by atoms with Crippen molar-refractivity contribution in [3.8, 4) is 17.2 Å². The third-order valence-electron chi connectivity index (χ3n) is 4.98. The van der Waals surface area contributed by atoms with E-state index in [9.17, 15) is 5.11 Å². The molecule has 25 heavy (non-hydrogen) atoms. The van der Waals surface area contributed by atoms with Gasteiger partial charge in [0.05, 0.1) is 18.5 Å². The summed E-state index contributed by atoms with van der Waals surface area (Å²) in [6, 6.07) is 12.0. The van der Waals surface area contributed by atoms with Crippen LogP contribution in [0.5, 0.6) is 0 Å². The standard InChI is InChI=1S/C19H22N4O2/c24-15-19(7-12-25-13-8-19)14-22-11-10-20-18(22)17-6-9-21-23(17)16-4-2-1-3-5-16/h1-6,9-11,24H,7-8,12-15H2.